The molecule has 0 aliphatic heterocycles. The highest BCUT2D eigenvalue weighted by atomic mass is 16.5. The molecular weight excluding hydrogens is 230 g/mol. The number of carbonyl (C=O) groups excluding carboxylic acids is 1. The molecule has 0 aliphatic rings. The fourth-order valence-electron chi connectivity index (χ4n) is 1.62. The Kier molecular flexibility index (Phi) is 4.73. The number of anilines is 1. The van der Waals surface area contributed by atoms with Crippen LogP contribution in [0.3, 0.4) is 0 Å². The van der Waals surface area contributed by atoms with E-state index >= 15 is 0 Å². The van der Waals surface area contributed by atoms with Gasteiger partial charge in [0.25, 0.3) is 5.91 Å². The second kappa shape index (κ2) is 5.87. The van der Waals surface area contributed by atoms with Crippen LogP contribution in [0.15, 0.2) is 18.2 Å². The topological polar surface area (TPSA) is 47.6 Å². The van der Waals surface area contributed by atoms with Gasteiger partial charge in [-0.15, -0.1) is 0 Å². The van der Waals surface area contributed by atoms with Crippen molar-refractivity contribution in [2.45, 2.75) is 32.8 Å². The van der Waals surface area contributed by atoms with Crippen LogP contribution in [0.2, 0.25) is 0 Å². The van der Waals surface area contributed by atoms with Gasteiger partial charge in [-0.2, -0.15) is 0 Å². The number of hydrogen-bond acceptors (Lipinski definition) is 3. The van der Waals surface area contributed by atoms with Crippen molar-refractivity contribution in [2.24, 2.45) is 0 Å². The number of rotatable bonds is 5. The van der Waals surface area contributed by atoms with Gasteiger partial charge >= 0.3 is 0 Å². The summed E-state index contributed by atoms with van der Waals surface area (Å²) in [4.78, 5) is 12.1. The second-order valence-corrected chi connectivity index (χ2v) is 4.43. The van der Waals surface area contributed by atoms with Crippen molar-refractivity contribution < 1.29 is 14.3 Å². The number of aryl methyl sites for hydroxylation is 1. The van der Waals surface area contributed by atoms with Gasteiger partial charge in [-0.1, -0.05) is 6.92 Å². The Balaban J connectivity index is 2.85. The molecule has 0 bridgehead atoms. The number of nitrogens with one attached hydrogen (secondary N) is 1. The summed E-state index contributed by atoms with van der Waals surface area (Å²) in [5.74, 6) is 0.662. The quantitative estimate of drug-likeness (QED) is 0.875. The van der Waals surface area contributed by atoms with E-state index in [1.807, 2.05) is 32.0 Å². The van der Waals surface area contributed by atoms with Crippen molar-refractivity contribution >= 4 is 11.6 Å². The smallest absolute Gasteiger partial charge is 0.256 e. The number of ether oxygens (including phenoxy) is 2. The highest BCUT2D eigenvalue weighted by Gasteiger charge is 2.30. The van der Waals surface area contributed by atoms with E-state index in [1.54, 1.807) is 21.1 Å². The van der Waals surface area contributed by atoms with E-state index in [0.29, 0.717) is 6.42 Å². The standard InChI is InChI=1S/C14H21NO3/c1-6-14(3,18-5)13(16)15-11-7-8-12(17-4)10(2)9-11/h7-9H,6H2,1-5H3,(H,15,16)/t14-/m1/s1. The summed E-state index contributed by atoms with van der Waals surface area (Å²) in [6.07, 6.45) is 0.616. The summed E-state index contributed by atoms with van der Waals surface area (Å²) >= 11 is 0. The summed E-state index contributed by atoms with van der Waals surface area (Å²) in [6, 6.07) is 5.53. The third-order valence-corrected chi connectivity index (χ3v) is 3.26. The Morgan fingerprint density at radius 2 is 2.06 bits per heavy atom. The van der Waals surface area contributed by atoms with Gasteiger partial charge in [0.15, 0.2) is 0 Å². The van der Waals surface area contributed by atoms with E-state index in [4.69, 9.17) is 9.47 Å². The van der Waals surface area contributed by atoms with Crippen LogP contribution in [0.25, 0.3) is 0 Å². The van der Waals surface area contributed by atoms with Crippen molar-refractivity contribution in [3.05, 3.63) is 23.8 Å². The maximum absolute atomic E-state index is 12.1. The average molecular weight is 251 g/mol. The molecule has 0 saturated heterocycles. The number of amides is 1. The lowest BCUT2D eigenvalue weighted by molar-refractivity contribution is -0.136. The SMILES string of the molecule is CC[C@@](C)(OC)C(=O)Nc1ccc(OC)c(C)c1. The molecule has 1 N–H and O–H groups in total. The Hall–Kier alpha value is -1.55. The minimum atomic E-state index is -0.798. The number of methoxy groups -OCH3 is 2. The first-order chi connectivity index (χ1) is 8.46. The average Bonchev–Trinajstić information content (AvgIpc) is 2.38. The van der Waals surface area contributed by atoms with Crippen molar-refractivity contribution in [1.29, 1.82) is 0 Å². The summed E-state index contributed by atoms with van der Waals surface area (Å²) in [7, 11) is 3.17. The van der Waals surface area contributed by atoms with E-state index in [1.165, 1.54) is 0 Å². The van der Waals surface area contributed by atoms with Crippen LogP contribution in [-0.4, -0.2) is 25.7 Å². The summed E-state index contributed by atoms with van der Waals surface area (Å²) in [5, 5.41) is 2.86. The molecule has 0 aromatic heterocycles. The molecule has 0 saturated carbocycles. The zero-order valence-electron chi connectivity index (χ0n) is 11.7. The summed E-state index contributed by atoms with van der Waals surface area (Å²) in [6.45, 7) is 5.63. The molecule has 18 heavy (non-hydrogen) atoms. The predicted molar refractivity (Wildman–Crippen MR) is 72.1 cm³/mol. The van der Waals surface area contributed by atoms with Crippen LogP contribution >= 0.6 is 0 Å². The minimum absolute atomic E-state index is 0.142. The Morgan fingerprint density at radius 1 is 1.39 bits per heavy atom. The third kappa shape index (κ3) is 3.01. The maximum Gasteiger partial charge on any atom is 0.256 e. The van der Waals surface area contributed by atoms with Crippen molar-refractivity contribution in [3.8, 4) is 5.75 Å². The van der Waals surface area contributed by atoms with Crippen LogP contribution in [-0.2, 0) is 9.53 Å². The van der Waals surface area contributed by atoms with Gasteiger partial charge in [-0.3, -0.25) is 4.79 Å². The molecule has 0 spiro atoms. The maximum atomic E-state index is 12.1. The number of hydrogen-bond donors (Lipinski definition) is 1. The fourth-order valence-corrected chi connectivity index (χ4v) is 1.62. The monoisotopic (exact) mass is 251 g/mol. The molecule has 4 nitrogen and oxygen atoms in total. The van der Waals surface area contributed by atoms with E-state index in [2.05, 4.69) is 5.32 Å². The van der Waals surface area contributed by atoms with Gasteiger partial charge in [-0.05, 0) is 44.0 Å². The Labute approximate surface area is 108 Å². The van der Waals surface area contributed by atoms with Gasteiger partial charge in [0.1, 0.15) is 11.4 Å². The lowest BCUT2D eigenvalue weighted by atomic mass is 10.0. The van der Waals surface area contributed by atoms with Crippen LogP contribution in [0.4, 0.5) is 5.69 Å². The Bertz CT molecular complexity index is 425. The molecule has 1 rings (SSSR count). The van der Waals surface area contributed by atoms with Gasteiger partial charge in [0, 0.05) is 12.8 Å². The zero-order chi connectivity index (χ0) is 13.8. The van der Waals surface area contributed by atoms with Crippen LogP contribution in [0, 0.1) is 6.92 Å². The summed E-state index contributed by atoms with van der Waals surface area (Å²) in [5.41, 5.74) is 0.925. The predicted octanol–water partition coefficient (Wildman–Crippen LogP) is 2.76. The molecule has 1 aromatic carbocycles. The van der Waals surface area contributed by atoms with Crippen molar-refractivity contribution in [1.82, 2.24) is 0 Å². The van der Waals surface area contributed by atoms with Crippen LogP contribution < -0.4 is 10.1 Å². The molecule has 0 heterocycles. The first-order valence-corrected chi connectivity index (χ1v) is 5.98. The van der Waals surface area contributed by atoms with Gasteiger partial charge in [0.05, 0.1) is 7.11 Å². The molecule has 100 valence electrons. The van der Waals surface area contributed by atoms with E-state index in [0.717, 1.165) is 17.0 Å². The third-order valence-electron chi connectivity index (χ3n) is 3.26. The zero-order valence-corrected chi connectivity index (χ0v) is 11.7. The molecule has 0 radical (unpaired) electrons. The highest BCUT2D eigenvalue weighted by molar-refractivity contribution is 5.97. The number of benzene rings is 1. The fraction of sp³-hybridized carbons (Fsp3) is 0.500. The van der Waals surface area contributed by atoms with E-state index in [9.17, 15) is 4.79 Å². The molecule has 0 fully saturated rings. The van der Waals surface area contributed by atoms with E-state index < -0.39 is 5.60 Å². The molecule has 4 heteroatoms. The van der Waals surface area contributed by atoms with E-state index in [-0.39, 0.29) is 5.91 Å². The van der Waals surface area contributed by atoms with Gasteiger partial charge < -0.3 is 14.8 Å². The van der Waals surface area contributed by atoms with Crippen LogP contribution in [0.5, 0.6) is 5.75 Å². The highest BCUT2D eigenvalue weighted by Crippen LogP contribution is 2.23. The van der Waals surface area contributed by atoms with Crippen molar-refractivity contribution in [3.63, 3.8) is 0 Å². The number of carbonyl (C=O) groups is 1. The summed E-state index contributed by atoms with van der Waals surface area (Å²) < 4.78 is 10.4. The van der Waals surface area contributed by atoms with Gasteiger partial charge in [0.2, 0.25) is 0 Å². The lowest BCUT2D eigenvalue weighted by Crippen LogP contribution is -2.41. The second-order valence-electron chi connectivity index (χ2n) is 4.43. The Morgan fingerprint density at radius 3 is 2.50 bits per heavy atom. The lowest BCUT2D eigenvalue weighted by Gasteiger charge is -2.25. The van der Waals surface area contributed by atoms with Crippen LogP contribution in [0.1, 0.15) is 25.8 Å². The van der Waals surface area contributed by atoms with Gasteiger partial charge in [-0.25, -0.2) is 0 Å². The minimum Gasteiger partial charge on any atom is -0.496 e. The largest absolute Gasteiger partial charge is 0.496 e. The normalized spacial score (nSPS) is 13.8. The molecule has 1 amide bonds. The molecule has 0 unspecified atom stereocenters. The first kappa shape index (κ1) is 14.5. The molecule has 0 aliphatic carbocycles. The first-order valence-electron chi connectivity index (χ1n) is 5.98. The van der Waals surface area contributed by atoms with Crippen molar-refractivity contribution in [2.75, 3.05) is 19.5 Å². The molecule has 1 atom stereocenters. The molecule has 1 aromatic rings. The molecular formula is C14H21NO3.